The average molecular weight is 334 g/mol. The second kappa shape index (κ2) is 5.60. The van der Waals surface area contributed by atoms with Gasteiger partial charge in [0.15, 0.2) is 0 Å². The molecular formula is C13H11ClF3N3O2. The smallest absolute Gasteiger partial charge is 0.271 e. The van der Waals surface area contributed by atoms with E-state index in [2.05, 4.69) is 10.4 Å². The van der Waals surface area contributed by atoms with Crippen LogP contribution < -0.4 is 5.43 Å². The number of nitrogens with one attached hydrogen (secondary N) is 1. The second-order valence-corrected chi connectivity index (χ2v) is 4.91. The zero-order chi connectivity index (χ0) is 16.7. The third-order valence-corrected chi connectivity index (χ3v) is 3.46. The zero-order valence-corrected chi connectivity index (χ0v) is 12.3. The van der Waals surface area contributed by atoms with Crippen molar-refractivity contribution < 1.29 is 22.8 Å². The Kier molecular flexibility index (Phi) is 4.15. The summed E-state index contributed by atoms with van der Waals surface area (Å²) in [4.78, 5) is 27.5. The molecule has 2 heterocycles. The molecule has 0 saturated heterocycles. The highest BCUT2D eigenvalue weighted by atomic mass is 35.5. The van der Waals surface area contributed by atoms with Gasteiger partial charge in [-0.05, 0) is 25.5 Å². The van der Waals surface area contributed by atoms with Crippen molar-refractivity contribution in [3.05, 3.63) is 34.0 Å². The summed E-state index contributed by atoms with van der Waals surface area (Å²) in [5, 5.41) is -0.0583. The van der Waals surface area contributed by atoms with Crippen LogP contribution in [0.25, 0.3) is 0 Å². The fraction of sp³-hybridized carbons (Fsp3) is 0.308. The van der Waals surface area contributed by atoms with Crippen LogP contribution in [0.2, 0.25) is 5.15 Å². The number of rotatable bonds is 3. The van der Waals surface area contributed by atoms with Gasteiger partial charge in [0.1, 0.15) is 11.0 Å². The lowest BCUT2D eigenvalue weighted by molar-refractivity contribution is -0.138. The van der Waals surface area contributed by atoms with E-state index in [9.17, 15) is 22.8 Å². The number of imide groups is 1. The summed E-state index contributed by atoms with van der Waals surface area (Å²) in [7, 11) is 0. The number of pyridine rings is 1. The largest absolute Gasteiger partial charge is 0.419 e. The normalized spacial score (nSPS) is 15.8. The average Bonchev–Trinajstić information content (AvgIpc) is 2.61. The molecule has 0 bridgehead atoms. The molecule has 0 unspecified atom stereocenters. The van der Waals surface area contributed by atoms with Gasteiger partial charge in [-0.2, -0.15) is 18.2 Å². The first-order valence-corrected chi connectivity index (χ1v) is 6.63. The van der Waals surface area contributed by atoms with Gasteiger partial charge in [0.25, 0.3) is 11.8 Å². The molecule has 22 heavy (non-hydrogen) atoms. The minimum absolute atomic E-state index is 0.134. The number of carbonyl (C=O) groups is 2. The molecule has 0 aromatic carbocycles. The number of anilines is 1. The highest BCUT2D eigenvalue weighted by Crippen LogP contribution is 2.34. The van der Waals surface area contributed by atoms with Gasteiger partial charge in [-0.25, -0.2) is 4.98 Å². The van der Waals surface area contributed by atoms with Crippen molar-refractivity contribution in [2.75, 3.05) is 5.43 Å². The zero-order valence-electron chi connectivity index (χ0n) is 11.6. The lowest BCUT2D eigenvalue weighted by Gasteiger charge is -2.17. The molecule has 0 fully saturated rings. The van der Waals surface area contributed by atoms with Gasteiger partial charge in [0, 0.05) is 11.1 Å². The monoisotopic (exact) mass is 333 g/mol. The maximum Gasteiger partial charge on any atom is 0.419 e. The SMILES string of the molecule is CCC1=C(C)C(=O)N(Nc2ccc(C(F)(F)F)c(Cl)n2)C1=O. The van der Waals surface area contributed by atoms with Gasteiger partial charge in [0.05, 0.1) is 5.56 Å². The van der Waals surface area contributed by atoms with Crippen molar-refractivity contribution in [2.45, 2.75) is 26.4 Å². The number of hydrogen-bond donors (Lipinski definition) is 1. The topological polar surface area (TPSA) is 62.3 Å². The fourth-order valence-corrected chi connectivity index (χ4v) is 2.29. The van der Waals surface area contributed by atoms with Crippen LogP contribution in [-0.2, 0) is 15.8 Å². The molecule has 5 nitrogen and oxygen atoms in total. The van der Waals surface area contributed by atoms with Crippen molar-refractivity contribution in [3.63, 3.8) is 0 Å². The van der Waals surface area contributed by atoms with Crippen LogP contribution in [0.1, 0.15) is 25.8 Å². The number of alkyl halides is 3. The van der Waals surface area contributed by atoms with E-state index in [0.717, 1.165) is 12.1 Å². The Morgan fingerprint density at radius 2 is 1.91 bits per heavy atom. The van der Waals surface area contributed by atoms with Crippen LogP contribution in [0.3, 0.4) is 0 Å². The summed E-state index contributed by atoms with van der Waals surface area (Å²) >= 11 is 5.49. The first-order chi connectivity index (χ1) is 10.2. The highest BCUT2D eigenvalue weighted by Gasteiger charge is 2.36. The molecule has 0 saturated carbocycles. The van der Waals surface area contributed by atoms with Crippen LogP contribution in [0.4, 0.5) is 19.0 Å². The Morgan fingerprint density at radius 1 is 1.27 bits per heavy atom. The fourth-order valence-electron chi connectivity index (χ4n) is 2.02. The van der Waals surface area contributed by atoms with Crippen molar-refractivity contribution in [1.82, 2.24) is 9.99 Å². The third kappa shape index (κ3) is 2.78. The van der Waals surface area contributed by atoms with E-state index in [1.807, 2.05) is 0 Å². The number of halogens is 4. The van der Waals surface area contributed by atoms with Gasteiger partial charge in [-0.15, -0.1) is 0 Å². The molecular weight excluding hydrogens is 323 g/mol. The third-order valence-electron chi connectivity index (χ3n) is 3.17. The van der Waals surface area contributed by atoms with Crippen LogP contribution in [0, 0.1) is 0 Å². The molecule has 0 atom stereocenters. The Hall–Kier alpha value is -2.09. The molecule has 1 aromatic heterocycles. The first-order valence-electron chi connectivity index (χ1n) is 6.25. The van der Waals surface area contributed by atoms with Crippen molar-refractivity contribution in [1.29, 1.82) is 0 Å². The van der Waals surface area contributed by atoms with Crippen LogP contribution in [0.15, 0.2) is 23.3 Å². The van der Waals surface area contributed by atoms with E-state index < -0.39 is 28.7 Å². The summed E-state index contributed by atoms with van der Waals surface area (Å²) < 4.78 is 37.8. The maximum atomic E-state index is 12.6. The van der Waals surface area contributed by atoms with Gasteiger partial charge in [-0.3, -0.25) is 15.0 Å². The van der Waals surface area contributed by atoms with Crippen molar-refractivity contribution in [2.24, 2.45) is 0 Å². The summed E-state index contributed by atoms with van der Waals surface area (Å²) in [5.41, 5.74) is 1.92. The minimum atomic E-state index is -4.63. The molecule has 0 radical (unpaired) electrons. The van der Waals surface area contributed by atoms with Crippen molar-refractivity contribution >= 4 is 29.2 Å². The summed E-state index contributed by atoms with van der Waals surface area (Å²) in [6, 6.07) is 1.72. The lowest BCUT2D eigenvalue weighted by atomic mass is 10.1. The molecule has 9 heteroatoms. The van der Waals surface area contributed by atoms with E-state index in [1.165, 1.54) is 6.92 Å². The van der Waals surface area contributed by atoms with E-state index >= 15 is 0 Å². The number of hydrazine groups is 1. The standard InChI is InChI=1S/C13H11ClF3N3O2/c1-3-7-6(2)11(21)20(12(7)22)19-9-5-4-8(10(14)18-9)13(15,16)17/h4-5H,3H2,1-2H3,(H,18,19). The molecule has 1 aliphatic heterocycles. The van der Waals surface area contributed by atoms with Crippen molar-refractivity contribution in [3.8, 4) is 0 Å². The Morgan fingerprint density at radius 3 is 2.36 bits per heavy atom. The number of carbonyl (C=O) groups excluding carboxylic acids is 2. The molecule has 0 spiro atoms. The van der Waals surface area contributed by atoms with Crippen LogP contribution in [0.5, 0.6) is 0 Å². The quantitative estimate of drug-likeness (QED) is 0.681. The summed E-state index contributed by atoms with van der Waals surface area (Å²) in [5.74, 6) is -1.26. The number of amides is 2. The van der Waals surface area contributed by atoms with Gasteiger partial charge < -0.3 is 0 Å². The second-order valence-electron chi connectivity index (χ2n) is 4.55. The van der Waals surface area contributed by atoms with Crippen LogP contribution >= 0.6 is 11.6 Å². The molecule has 2 rings (SSSR count). The molecule has 2 amide bonds. The Labute approximate surface area is 128 Å². The summed E-state index contributed by atoms with van der Waals surface area (Å²) in [6.07, 6.45) is -4.26. The van der Waals surface area contributed by atoms with E-state index in [4.69, 9.17) is 11.6 Å². The van der Waals surface area contributed by atoms with E-state index in [0.29, 0.717) is 17.0 Å². The summed E-state index contributed by atoms with van der Waals surface area (Å²) in [6.45, 7) is 3.23. The number of aromatic nitrogens is 1. The Bertz CT molecular complexity index is 686. The molecule has 0 aliphatic carbocycles. The number of nitrogens with zero attached hydrogens (tertiary/aromatic N) is 2. The van der Waals surface area contributed by atoms with E-state index in [1.54, 1.807) is 6.92 Å². The molecule has 1 aromatic rings. The van der Waals surface area contributed by atoms with Gasteiger partial charge >= 0.3 is 6.18 Å². The number of hydrogen-bond acceptors (Lipinski definition) is 4. The minimum Gasteiger partial charge on any atom is -0.271 e. The first kappa shape index (κ1) is 16.3. The maximum absolute atomic E-state index is 12.6. The predicted octanol–water partition coefficient (Wildman–Crippen LogP) is 3.18. The predicted molar refractivity (Wildman–Crippen MR) is 72.7 cm³/mol. The Balaban J connectivity index is 2.25. The lowest BCUT2D eigenvalue weighted by Crippen LogP contribution is -2.37. The van der Waals surface area contributed by atoms with Gasteiger partial charge in [0.2, 0.25) is 0 Å². The molecule has 118 valence electrons. The molecule has 1 N–H and O–H groups in total. The van der Waals surface area contributed by atoms with Gasteiger partial charge in [-0.1, -0.05) is 18.5 Å². The molecule has 1 aliphatic rings. The highest BCUT2D eigenvalue weighted by molar-refractivity contribution is 6.30. The van der Waals surface area contributed by atoms with E-state index in [-0.39, 0.29) is 11.4 Å². The van der Waals surface area contributed by atoms with Crippen LogP contribution in [-0.4, -0.2) is 21.8 Å².